The van der Waals surface area contributed by atoms with Crippen molar-refractivity contribution < 1.29 is 12.8 Å². The molecule has 1 aliphatic heterocycles. The summed E-state index contributed by atoms with van der Waals surface area (Å²) in [6.07, 6.45) is 1.90. The maximum absolute atomic E-state index is 13.3. The highest BCUT2D eigenvalue weighted by molar-refractivity contribution is 7.89. The predicted octanol–water partition coefficient (Wildman–Crippen LogP) is 2.63. The summed E-state index contributed by atoms with van der Waals surface area (Å²) in [4.78, 5) is 2.19. The lowest BCUT2D eigenvalue weighted by Crippen LogP contribution is -2.48. The van der Waals surface area contributed by atoms with E-state index in [0.717, 1.165) is 23.3 Å². The Kier molecular flexibility index (Phi) is 4.90. The molecule has 2 aromatic heterocycles. The van der Waals surface area contributed by atoms with Gasteiger partial charge in [0.15, 0.2) is 0 Å². The summed E-state index contributed by atoms with van der Waals surface area (Å²) in [7, 11) is -3.68. The zero-order valence-electron chi connectivity index (χ0n) is 14.4. The van der Waals surface area contributed by atoms with Crippen LogP contribution in [0, 0.1) is 5.82 Å². The maximum Gasteiger partial charge on any atom is 0.243 e. The van der Waals surface area contributed by atoms with E-state index in [9.17, 15) is 12.8 Å². The minimum absolute atomic E-state index is 0.0164. The van der Waals surface area contributed by atoms with Crippen molar-refractivity contribution in [1.29, 1.82) is 0 Å². The normalized spacial score (nSPS) is 16.8. The Labute approximate surface area is 161 Å². The highest BCUT2D eigenvalue weighted by Crippen LogP contribution is 2.23. The Balaban J connectivity index is 1.42. The Hall–Kier alpha value is -2.00. The summed E-state index contributed by atoms with van der Waals surface area (Å²) in [5.41, 5.74) is 1.98. The van der Waals surface area contributed by atoms with Crippen LogP contribution in [0.3, 0.4) is 0 Å². The topological polar surface area (TPSA) is 57.9 Å². The van der Waals surface area contributed by atoms with Gasteiger partial charge in [0.2, 0.25) is 10.0 Å². The third-order valence-corrected chi connectivity index (χ3v) is 6.85. The number of aromatic nitrogens is 2. The van der Waals surface area contributed by atoms with Gasteiger partial charge in [-0.25, -0.2) is 17.3 Å². The fourth-order valence-corrected chi connectivity index (χ4v) is 4.91. The number of rotatable bonds is 4. The third-order valence-electron chi connectivity index (χ3n) is 4.67. The van der Waals surface area contributed by atoms with E-state index in [2.05, 4.69) is 10.00 Å². The Morgan fingerprint density at radius 3 is 2.56 bits per heavy atom. The van der Waals surface area contributed by atoms with Crippen molar-refractivity contribution in [3.63, 3.8) is 0 Å². The van der Waals surface area contributed by atoms with Crippen molar-refractivity contribution in [3.8, 4) is 0 Å². The molecule has 1 aromatic carbocycles. The van der Waals surface area contributed by atoms with Gasteiger partial charge in [-0.2, -0.15) is 9.40 Å². The fourth-order valence-electron chi connectivity index (χ4n) is 3.21. The molecule has 3 heterocycles. The SMILES string of the molecule is O=S(=O)(c1ccc(F)c(Cl)c1)N1CCN(Cc2cc3ccccn3n2)CC1. The molecule has 6 nitrogen and oxygen atoms in total. The number of pyridine rings is 1. The fraction of sp³-hybridized carbons (Fsp3) is 0.278. The van der Waals surface area contributed by atoms with Gasteiger partial charge < -0.3 is 0 Å². The van der Waals surface area contributed by atoms with Gasteiger partial charge in [-0.05, 0) is 36.4 Å². The molecule has 27 heavy (non-hydrogen) atoms. The number of sulfonamides is 1. The molecule has 0 atom stereocenters. The minimum Gasteiger partial charge on any atom is -0.295 e. The van der Waals surface area contributed by atoms with Gasteiger partial charge in [0.05, 0.1) is 21.1 Å². The number of benzene rings is 1. The third kappa shape index (κ3) is 3.70. The number of halogens is 2. The van der Waals surface area contributed by atoms with Gasteiger partial charge in [0, 0.05) is 38.9 Å². The summed E-state index contributed by atoms with van der Waals surface area (Å²) >= 11 is 5.73. The first-order valence-electron chi connectivity index (χ1n) is 8.54. The lowest BCUT2D eigenvalue weighted by atomic mass is 10.3. The Bertz CT molecular complexity index is 1040. The average molecular weight is 409 g/mol. The summed E-state index contributed by atoms with van der Waals surface area (Å²) in [5.74, 6) is -0.632. The van der Waals surface area contributed by atoms with Crippen LogP contribution in [0.2, 0.25) is 5.02 Å². The van der Waals surface area contributed by atoms with Gasteiger partial charge in [-0.1, -0.05) is 17.7 Å². The van der Waals surface area contributed by atoms with Gasteiger partial charge in [-0.3, -0.25) is 4.90 Å². The lowest BCUT2D eigenvalue weighted by Gasteiger charge is -2.33. The van der Waals surface area contributed by atoms with Crippen molar-refractivity contribution in [2.45, 2.75) is 11.4 Å². The highest BCUT2D eigenvalue weighted by Gasteiger charge is 2.29. The minimum atomic E-state index is -3.68. The number of hydrogen-bond donors (Lipinski definition) is 0. The van der Waals surface area contributed by atoms with E-state index in [1.165, 1.54) is 10.4 Å². The molecule has 0 saturated carbocycles. The van der Waals surface area contributed by atoms with Crippen LogP contribution in [0.1, 0.15) is 5.69 Å². The van der Waals surface area contributed by atoms with Gasteiger partial charge >= 0.3 is 0 Å². The zero-order valence-corrected chi connectivity index (χ0v) is 16.0. The molecule has 142 valence electrons. The molecule has 0 N–H and O–H groups in total. The molecular weight excluding hydrogens is 391 g/mol. The molecule has 3 aromatic rings. The van der Waals surface area contributed by atoms with Gasteiger partial charge in [0.25, 0.3) is 0 Å². The average Bonchev–Trinajstić information content (AvgIpc) is 3.06. The van der Waals surface area contributed by atoms with E-state index in [4.69, 9.17) is 11.6 Å². The van der Waals surface area contributed by atoms with E-state index in [1.807, 2.05) is 35.0 Å². The Morgan fingerprint density at radius 2 is 1.85 bits per heavy atom. The molecule has 0 radical (unpaired) electrons. The largest absolute Gasteiger partial charge is 0.295 e. The van der Waals surface area contributed by atoms with Crippen molar-refractivity contribution >= 4 is 27.1 Å². The van der Waals surface area contributed by atoms with Crippen LogP contribution < -0.4 is 0 Å². The molecule has 9 heteroatoms. The number of nitrogens with zero attached hydrogens (tertiary/aromatic N) is 4. The quantitative estimate of drug-likeness (QED) is 0.666. The maximum atomic E-state index is 13.3. The number of piperazine rings is 1. The van der Waals surface area contributed by atoms with E-state index in [0.29, 0.717) is 32.7 Å². The van der Waals surface area contributed by atoms with Crippen LogP contribution in [0.15, 0.2) is 53.6 Å². The summed E-state index contributed by atoms with van der Waals surface area (Å²) in [5, 5.41) is 4.34. The smallest absolute Gasteiger partial charge is 0.243 e. The lowest BCUT2D eigenvalue weighted by molar-refractivity contribution is 0.180. The number of fused-ring (bicyclic) bond motifs is 1. The Morgan fingerprint density at radius 1 is 1.07 bits per heavy atom. The molecule has 0 bridgehead atoms. The first-order chi connectivity index (χ1) is 12.9. The highest BCUT2D eigenvalue weighted by atomic mass is 35.5. The molecule has 4 rings (SSSR count). The second-order valence-electron chi connectivity index (χ2n) is 6.46. The molecule has 1 saturated heterocycles. The van der Waals surface area contributed by atoms with E-state index in [1.54, 1.807) is 0 Å². The molecular formula is C18H18ClFN4O2S. The molecule has 1 fully saturated rings. The molecule has 0 unspecified atom stereocenters. The second-order valence-corrected chi connectivity index (χ2v) is 8.81. The van der Waals surface area contributed by atoms with E-state index < -0.39 is 15.8 Å². The van der Waals surface area contributed by atoms with Gasteiger partial charge in [0.1, 0.15) is 5.82 Å². The monoisotopic (exact) mass is 408 g/mol. The zero-order chi connectivity index (χ0) is 19.0. The predicted molar refractivity (Wildman–Crippen MR) is 101 cm³/mol. The van der Waals surface area contributed by atoms with E-state index >= 15 is 0 Å². The molecule has 0 aliphatic carbocycles. The van der Waals surface area contributed by atoms with Crippen LogP contribution in [0.4, 0.5) is 4.39 Å². The van der Waals surface area contributed by atoms with Crippen LogP contribution in [-0.2, 0) is 16.6 Å². The van der Waals surface area contributed by atoms with Crippen LogP contribution in [0.5, 0.6) is 0 Å². The summed E-state index contributed by atoms with van der Waals surface area (Å²) < 4.78 is 42.0. The first-order valence-corrected chi connectivity index (χ1v) is 10.4. The van der Waals surface area contributed by atoms with Crippen molar-refractivity contribution in [2.75, 3.05) is 26.2 Å². The van der Waals surface area contributed by atoms with E-state index in [-0.39, 0.29) is 9.92 Å². The summed E-state index contributed by atoms with van der Waals surface area (Å²) in [6.45, 7) is 2.59. The second kappa shape index (κ2) is 7.20. The molecule has 0 amide bonds. The number of hydrogen-bond acceptors (Lipinski definition) is 4. The molecule has 1 aliphatic rings. The summed E-state index contributed by atoms with van der Waals surface area (Å²) in [6, 6.07) is 11.4. The van der Waals surface area contributed by atoms with Crippen LogP contribution >= 0.6 is 11.6 Å². The van der Waals surface area contributed by atoms with Crippen molar-refractivity contribution in [2.24, 2.45) is 0 Å². The van der Waals surface area contributed by atoms with Crippen molar-refractivity contribution in [1.82, 2.24) is 18.8 Å². The molecule has 0 spiro atoms. The van der Waals surface area contributed by atoms with Crippen LogP contribution in [0.25, 0.3) is 5.52 Å². The standard InChI is InChI=1S/C18H18ClFN4O2S/c19-17-12-16(4-5-18(17)20)27(25,26)23-9-7-22(8-10-23)13-14-11-15-3-1-2-6-24(15)21-14/h1-6,11-12H,7-10,13H2. The van der Waals surface area contributed by atoms with Gasteiger partial charge in [-0.15, -0.1) is 0 Å². The van der Waals surface area contributed by atoms with Crippen LogP contribution in [-0.4, -0.2) is 53.4 Å². The van der Waals surface area contributed by atoms with Crippen molar-refractivity contribution in [3.05, 3.63) is 65.2 Å². The first kappa shape index (κ1) is 18.4.